The van der Waals surface area contributed by atoms with Gasteiger partial charge in [0.25, 0.3) is 0 Å². The first-order valence-electron chi connectivity index (χ1n) is 12.5. The van der Waals surface area contributed by atoms with Crippen LogP contribution < -0.4 is 19.7 Å². The minimum absolute atomic E-state index is 0.00207. The predicted octanol–water partition coefficient (Wildman–Crippen LogP) is 1.74. The highest BCUT2D eigenvalue weighted by Gasteiger charge is 2.31. The summed E-state index contributed by atoms with van der Waals surface area (Å²) in [5.74, 6) is 2.62. The van der Waals surface area contributed by atoms with Crippen molar-refractivity contribution in [3.8, 4) is 17.4 Å². The molecule has 2 aromatic heterocycles. The van der Waals surface area contributed by atoms with Crippen LogP contribution in [0.25, 0.3) is 5.95 Å². The van der Waals surface area contributed by atoms with Gasteiger partial charge in [0.15, 0.2) is 11.5 Å². The summed E-state index contributed by atoms with van der Waals surface area (Å²) >= 11 is 0. The van der Waals surface area contributed by atoms with Crippen LogP contribution in [0.1, 0.15) is 25.5 Å². The average molecular weight is 506 g/mol. The number of hydrogen-bond donors (Lipinski definition) is 1. The molecule has 1 saturated heterocycles. The molecule has 2 aliphatic rings. The van der Waals surface area contributed by atoms with Crippen LogP contribution in [0.5, 0.6) is 11.5 Å². The fourth-order valence-electron chi connectivity index (χ4n) is 4.66. The fraction of sp³-hybridized carbons (Fsp3) is 0.423. The zero-order chi connectivity index (χ0) is 25.8. The topological polar surface area (TPSA) is 115 Å². The standard InChI is InChI=1S/C26H31N7O4/c1-18-13-24(30-26(29-18)32-10-9-27-17-32)33-12-11-31(19(2)34)15-20(33)14-25(35)28-8-7-21-16-36-22-5-3-4-6-23(22)37-21/h3-6,9-10,13,17,20-21H,7-8,11-12,14-16H2,1-2H3,(H,28,35). The number of nitrogens with one attached hydrogen (secondary N) is 1. The summed E-state index contributed by atoms with van der Waals surface area (Å²) in [6.07, 6.45) is 5.85. The van der Waals surface area contributed by atoms with Gasteiger partial charge in [0.1, 0.15) is 24.9 Å². The lowest BCUT2D eigenvalue weighted by Crippen LogP contribution is -2.56. The van der Waals surface area contributed by atoms with Gasteiger partial charge < -0.3 is 24.6 Å². The molecule has 1 aromatic carbocycles. The fourth-order valence-corrected chi connectivity index (χ4v) is 4.66. The summed E-state index contributed by atoms with van der Waals surface area (Å²) in [6.45, 7) is 5.97. The van der Waals surface area contributed by atoms with Crippen molar-refractivity contribution in [2.45, 2.75) is 38.8 Å². The van der Waals surface area contributed by atoms with E-state index in [0.29, 0.717) is 45.2 Å². The number of ether oxygens (including phenoxy) is 2. The zero-order valence-corrected chi connectivity index (χ0v) is 21.0. The number of benzene rings is 1. The van der Waals surface area contributed by atoms with Gasteiger partial charge in [-0.2, -0.15) is 4.98 Å². The van der Waals surface area contributed by atoms with Gasteiger partial charge in [-0.15, -0.1) is 0 Å². The van der Waals surface area contributed by atoms with E-state index in [2.05, 4.69) is 20.2 Å². The molecule has 0 radical (unpaired) electrons. The largest absolute Gasteiger partial charge is 0.486 e. The lowest BCUT2D eigenvalue weighted by atomic mass is 10.1. The lowest BCUT2D eigenvalue weighted by Gasteiger charge is -2.41. The predicted molar refractivity (Wildman–Crippen MR) is 136 cm³/mol. The number of rotatable bonds is 7. The molecule has 4 heterocycles. The van der Waals surface area contributed by atoms with Crippen molar-refractivity contribution in [2.24, 2.45) is 0 Å². The summed E-state index contributed by atoms with van der Waals surface area (Å²) in [5.41, 5.74) is 0.808. The highest BCUT2D eigenvalue weighted by Crippen LogP contribution is 2.31. The molecule has 11 heteroatoms. The number of aryl methyl sites for hydroxylation is 1. The van der Waals surface area contributed by atoms with Gasteiger partial charge in [-0.3, -0.25) is 14.2 Å². The molecule has 194 valence electrons. The van der Waals surface area contributed by atoms with E-state index in [1.165, 1.54) is 0 Å². The van der Waals surface area contributed by atoms with Crippen LogP contribution in [0.2, 0.25) is 0 Å². The molecule has 11 nitrogen and oxygen atoms in total. The molecular weight excluding hydrogens is 474 g/mol. The molecular formula is C26H31N7O4. The Morgan fingerprint density at radius 2 is 2.00 bits per heavy atom. The molecule has 0 aliphatic carbocycles. The Morgan fingerprint density at radius 3 is 2.78 bits per heavy atom. The molecule has 2 amide bonds. The summed E-state index contributed by atoms with van der Waals surface area (Å²) in [5, 5.41) is 3.01. The SMILES string of the molecule is CC(=O)N1CCN(c2cc(C)nc(-n3ccnc3)n2)C(CC(=O)NCCC2COc3ccccc3O2)C1. The van der Waals surface area contributed by atoms with Gasteiger partial charge in [0.2, 0.25) is 17.8 Å². The molecule has 1 fully saturated rings. The van der Waals surface area contributed by atoms with Gasteiger partial charge in [-0.05, 0) is 19.1 Å². The summed E-state index contributed by atoms with van der Waals surface area (Å²) in [6, 6.07) is 9.27. The molecule has 2 aliphatic heterocycles. The number of carbonyl (C=O) groups is 2. The maximum Gasteiger partial charge on any atom is 0.237 e. The van der Waals surface area contributed by atoms with E-state index in [4.69, 9.17) is 14.5 Å². The summed E-state index contributed by atoms with van der Waals surface area (Å²) in [4.78, 5) is 42.3. The molecule has 5 rings (SSSR count). The first kappa shape index (κ1) is 24.5. The highest BCUT2D eigenvalue weighted by molar-refractivity contribution is 5.78. The van der Waals surface area contributed by atoms with Gasteiger partial charge >= 0.3 is 0 Å². The van der Waals surface area contributed by atoms with Gasteiger partial charge in [-0.1, -0.05) is 12.1 Å². The van der Waals surface area contributed by atoms with E-state index in [9.17, 15) is 9.59 Å². The van der Waals surface area contributed by atoms with Crippen LogP contribution in [-0.4, -0.2) is 81.2 Å². The van der Waals surface area contributed by atoms with Crippen LogP contribution in [0, 0.1) is 6.92 Å². The first-order valence-corrected chi connectivity index (χ1v) is 12.5. The minimum atomic E-state index is -0.219. The van der Waals surface area contributed by atoms with Gasteiger partial charge in [-0.25, -0.2) is 9.97 Å². The monoisotopic (exact) mass is 505 g/mol. The van der Waals surface area contributed by atoms with E-state index in [0.717, 1.165) is 23.0 Å². The minimum Gasteiger partial charge on any atom is -0.486 e. The van der Waals surface area contributed by atoms with Crippen LogP contribution in [0.3, 0.4) is 0 Å². The summed E-state index contributed by atoms with van der Waals surface area (Å²) in [7, 11) is 0. The third-order valence-electron chi connectivity index (χ3n) is 6.56. The number of nitrogens with zero attached hydrogens (tertiary/aromatic N) is 6. The van der Waals surface area contributed by atoms with E-state index < -0.39 is 0 Å². The molecule has 0 spiro atoms. The molecule has 37 heavy (non-hydrogen) atoms. The van der Waals surface area contributed by atoms with Crippen LogP contribution in [-0.2, 0) is 9.59 Å². The Morgan fingerprint density at radius 1 is 1.16 bits per heavy atom. The Labute approximate surface area is 215 Å². The quantitative estimate of drug-likeness (QED) is 0.517. The van der Waals surface area contributed by atoms with Crippen molar-refractivity contribution >= 4 is 17.6 Å². The summed E-state index contributed by atoms with van der Waals surface area (Å²) < 4.78 is 13.5. The highest BCUT2D eigenvalue weighted by atomic mass is 16.6. The van der Waals surface area contributed by atoms with Crippen molar-refractivity contribution in [3.63, 3.8) is 0 Å². The molecule has 2 unspecified atom stereocenters. The Balaban J connectivity index is 1.23. The Kier molecular flexibility index (Phi) is 7.20. The van der Waals surface area contributed by atoms with E-state index in [-0.39, 0.29) is 30.4 Å². The third kappa shape index (κ3) is 5.82. The van der Waals surface area contributed by atoms with Crippen LogP contribution in [0.4, 0.5) is 5.82 Å². The van der Waals surface area contributed by atoms with Crippen molar-refractivity contribution in [3.05, 3.63) is 54.7 Å². The molecule has 0 saturated carbocycles. The average Bonchev–Trinajstić information content (AvgIpc) is 3.43. The second-order valence-corrected chi connectivity index (χ2v) is 9.29. The first-order chi connectivity index (χ1) is 18.0. The zero-order valence-electron chi connectivity index (χ0n) is 21.0. The number of para-hydroxylation sites is 2. The maximum atomic E-state index is 13.0. The number of hydrogen-bond acceptors (Lipinski definition) is 8. The second-order valence-electron chi connectivity index (χ2n) is 9.29. The number of amides is 2. The van der Waals surface area contributed by atoms with Gasteiger partial charge in [0, 0.05) is 70.1 Å². The normalized spacial score (nSPS) is 19.0. The van der Waals surface area contributed by atoms with E-state index in [1.54, 1.807) is 35.1 Å². The number of fused-ring (bicyclic) bond motifs is 1. The number of aromatic nitrogens is 4. The van der Waals surface area contributed by atoms with Crippen molar-refractivity contribution in [2.75, 3.05) is 37.7 Å². The van der Waals surface area contributed by atoms with E-state index >= 15 is 0 Å². The van der Waals surface area contributed by atoms with Crippen LogP contribution >= 0.6 is 0 Å². The number of piperazine rings is 1. The number of carbonyl (C=O) groups excluding carboxylic acids is 2. The number of imidazole rings is 1. The smallest absolute Gasteiger partial charge is 0.237 e. The van der Waals surface area contributed by atoms with Gasteiger partial charge in [0.05, 0.1) is 6.04 Å². The molecule has 3 aromatic rings. The van der Waals surface area contributed by atoms with E-state index in [1.807, 2.05) is 37.3 Å². The number of anilines is 1. The molecule has 1 N–H and O–H groups in total. The lowest BCUT2D eigenvalue weighted by molar-refractivity contribution is -0.130. The Bertz CT molecular complexity index is 1250. The molecule has 2 atom stereocenters. The third-order valence-corrected chi connectivity index (χ3v) is 6.56. The van der Waals surface area contributed by atoms with Crippen molar-refractivity contribution in [1.29, 1.82) is 0 Å². The van der Waals surface area contributed by atoms with Crippen molar-refractivity contribution in [1.82, 2.24) is 29.7 Å². The maximum absolute atomic E-state index is 13.0. The van der Waals surface area contributed by atoms with Crippen LogP contribution in [0.15, 0.2) is 49.1 Å². The molecule has 0 bridgehead atoms. The second kappa shape index (κ2) is 10.9. The Hall–Kier alpha value is -4.15. The van der Waals surface area contributed by atoms with Crippen molar-refractivity contribution < 1.29 is 19.1 Å².